The second-order valence-corrected chi connectivity index (χ2v) is 17.3. The second-order valence-electron chi connectivity index (χ2n) is 17.3. The number of fused-ring (bicyclic) bond motifs is 14. The quantitative estimate of drug-likeness (QED) is 0.157. The van der Waals surface area contributed by atoms with Gasteiger partial charge in [-0.3, -0.25) is 0 Å². The minimum absolute atomic E-state index is 0.116. The van der Waals surface area contributed by atoms with E-state index in [4.69, 9.17) is 8.83 Å². The number of para-hydroxylation sites is 4. The van der Waals surface area contributed by atoms with Gasteiger partial charge in [-0.05, 0) is 117 Å². The summed E-state index contributed by atoms with van der Waals surface area (Å²) in [6.45, 7) is 4.69. The summed E-state index contributed by atoms with van der Waals surface area (Å²) in [5, 5.41) is 8.97. The molecule has 298 valence electrons. The van der Waals surface area contributed by atoms with E-state index >= 15 is 0 Å². The predicted octanol–water partition coefficient (Wildman–Crippen LogP) is 17.0. The molecule has 0 amide bonds. The van der Waals surface area contributed by atoms with Crippen LogP contribution >= 0.6 is 0 Å². The minimum atomic E-state index is -0.116. The normalized spacial score (nSPS) is 13.0. The van der Waals surface area contributed by atoms with Crippen LogP contribution in [0.15, 0.2) is 215 Å². The topological polar surface area (TPSA) is 32.8 Å². The third kappa shape index (κ3) is 5.28. The van der Waals surface area contributed by atoms with Crippen molar-refractivity contribution in [2.45, 2.75) is 19.3 Å². The Morgan fingerprint density at radius 2 is 0.905 bits per heavy atom. The van der Waals surface area contributed by atoms with Gasteiger partial charge in [-0.15, -0.1) is 0 Å². The fourth-order valence-electron chi connectivity index (χ4n) is 10.5. The molecule has 0 radical (unpaired) electrons. The Morgan fingerprint density at radius 1 is 0.333 bits per heavy atom. The summed E-state index contributed by atoms with van der Waals surface area (Å²) < 4.78 is 13.7. The molecule has 0 spiro atoms. The molecule has 4 heteroatoms. The Kier molecular flexibility index (Phi) is 7.62. The molecule has 0 aliphatic heterocycles. The maximum atomic E-state index is 7.08. The molecule has 0 unspecified atom stereocenters. The molecular formula is C59H40N2O2. The van der Waals surface area contributed by atoms with E-state index in [-0.39, 0.29) is 5.41 Å². The van der Waals surface area contributed by atoms with Crippen LogP contribution in [-0.4, -0.2) is 0 Å². The largest absolute Gasteiger partial charge is 0.455 e. The molecule has 0 atom stereocenters. The van der Waals surface area contributed by atoms with Crippen LogP contribution < -0.4 is 9.80 Å². The number of hydrogen-bond donors (Lipinski definition) is 0. The van der Waals surface area contributed by atoms with Crippen LogP contribution in [0.25, 0.3) is 76.5 Å². The van der Waals surface area contributed by atoms with E-state index in [2.05, 4.69) is 218 Å². The minimum Gasteiger partial charge on any atom is -0.455 e. The SMILES string of the molecule is CC1(C)c2ccccc2-c2ccc(N(c3ccccc3)c3ccc4c(c3)c3ccccc3c3c5ccc(N(c6ccccc6)c6cccc7c6oc6ccccc67)cc5oc43)cc21. The molecule has 2 aromatic heterocycles. The van der Waals surface area contributed by atoms with Crippen molar-refractivity contribution < 1.29 is 8.83 Å². The van der Waals surface area contributed by atoms with Crippen LogP contribution in [0, 0.1) is 0 Å². The number of furan rings is 2. The molecule has 13 rings (SSSR count). The zero-order chi connectivity index (χ0) is 41.8. The number of rotatable bonds is 6. The summed E-state index contributed by atoms with van der Waals surface area (Å²) in [5.74, 6) is 0. The summed E-state index contributed by atoms with van der Waals surface area (Å²) in [7, 11) is 0. The lowest BCUT2D eigenvalue weighted by molar-refractivity contribution is 0.660. The summed E-state index contributed by atoms with van der Waals surface area (Å²) in [6.07, 6.45) is 0. The van der Waals surface area contributed by atoms with Gasteiger partial charge < -0.3 is 18.6 Å². The highest BCUT2D eigenvalue weighted by Crippen LogP contribution is 2.52. The van der Waals surface area contributed by atoms with Crippen LogP contribution in [-0.2, 0) is 5.41 Å². The van der Waals surface area contributed by atoms with Crippen LogP contribution in [0.3, 0.4) is 0 Å². The van der Waals surface area contributed by atoms with Gasteiger partial charge in [-0.2, -0.15) is 0 Å². The van der Waals surface area contributed by atoms with Gasteiger partial charge in [0, 0.05) is 61.2 Å². The van der Waals surface area contributed by atoms with Gasteiger partial charge in [0.1, 0.15) is 16.7 Å². The molecule has 10 aromatic carbocycles. The zero-order valence-electron chi connectivity index (χ0n) is 34.8. The van der Waals surface area contributed by atoms with E-state index in [0.29, 0.717) is 0 Å². The number of anilines is 6. The molecule has 2 heterocycles. The van der Waals surface area contributed by atoms with Crippen molar-refractivity contribution in [3.05, 3.63) is 217 Å². The van der Waals surface area contributed by atoms with Crippen molar-refractivity contribution in [2.24, 2.45) is 0 Å². The summed E-state index contributed by atoms with van der Waals surface area (Å²) in [6, 6.07) is 73.9. The summed E-state index contributed by atoms with van der Waals surface area (Å²) >= 11 is 0. The Labute approximate surface area is 364 Å². The van der Waals surface area contributed by atoms with Crippen molar-refractivity contribution in [2.75, 3.05) is 9.80 Å². The lowest BCUT2D eigenvalue weighted by Gasteiger charge is -2.28. The zero-order valence-corrected chi connectivity index (χ0v) is 34.8. The van der Waals surface area contributed by atoms with E-state index < -0.39 is 0 Å². The third-order valence-corrected chi connectivity index (χ3v) is 13.4. The standard InChI is InChI=1S/C59H40N2O2/c1-59(2)51-25-13-11-21-43(51)44-31-28-40(35-52(44)59)60(37-16-5-3-6-17-37)39-29-32-48-50(34-39)42-20-9-10-23-46(42)56-49-33-30-41(36-55(49)63-58(48)56)61(38-18-7-4-8-19-38)53-26-15-24-47-45-22-12-14-27-54(45)62-57(47)53/h3-36H,1-2H3. The van der Waals surface area contributed by atoms with Gasteiger partial charge in [-0.25, -0.2) is 0 Å². The van der Waals surface area contributed by atoms with Gasteiger partial charge >= 0.3 is 0 Å². The maximum absolute atomic E-state index is 7.08. The smallest absolute Gasteiger partial charge is 0.159 e. The fraction of sp³-hybridized carbons (Fsp3) is 0.0508. The molecule has 0 N–H and O–H groups in total. The summed E-state index contributed by atoms with van der Waals surface area (Å²) in [4.78, 5) is 4.67. The van der Waals surface area contributed by atoms with Crippen LogP contribution in [0.2, 0.25) is 0 Å². The third-order valence-electron chi connectivity index (χ3n) is 13.4. The molecule has 4 nitrogen and oxygen atoms in total. The molecule has 1 aliphatic rings. The molecular weight excluding hydrogens is 769 g/mol. The molecule has 0 bridgehead atoms. The van der Waals surface area contributed by atoms with Crippen molar-refractivity contribution in [3.63, 3.8) is 0 Å². The van der Waals surface area contributed by atoms with E-state index in [1.807, 2.05) is 12.1 Å². The van der Waals surface area contributed by atoms with Gasteiger partial charge in [0.2, 0.25) is 0 Å². The fourth-order valence-corrected chi connectivity index (χ4v) is 10.5. The van der Waals surface area contributed by atoms with E-state index in [9.17, 15) is 0 Å². The first-order valence-electron chi connectivity index (χ1n) is 21.7. The van der Waals surface area contributed by atoms with Gasteiger partial charge in [0.05, 0.1) is 11.4 Å². The van der Waals surface area contributed by atoms with Crippen molar-refractivity contribution in [1.29, 1.82) is 0 Å². The predicted molar refractivity (Wildman–Crippen MR) is 263 cm³/mol. The first-order chi connectivity index (χ1) is 31.0. The second kappa shape index (κ2) is 13.5. The Balaban J connectivity index is 0.998. The Bertz CT molecular complexity index is 3790. The highest BCUT2D eigenvalue weighted by Gasteiger charge is 2.36. The Hall–Kier alpha value is -8.08. The van der Waals surface area contributed by atoms with Crippen LogP contribution in [0.5, 0.6) is 0 Å². The van der Waals surface area contributed by atoms with Crippen molar-refractivity contribution >= 4 is 99.5 Å². The monoisotopic (exact) mass is 808 g/mol. The van der Waals surface area contributed by atoms with Gasteiger partial charge in [-0.1, -0.05) is 135 Å². The van der Waals surface area contributed by atoms with Crippen molar-refractivity contribution in [3.8, 4) is 11.1 Å². The number of nitrogens with zero attached hydrogens (tertiary/aromatic N) is 2. The molecule has 1 aliphatic carbocycles. The molecule has 63 heavy (non-hydrogen) atoms. The maximum Gasteiger partial charge on any atom is 0.159 e. The summed E-state index contributed by atoms with van der Waals surface area (Å²) in [5.41, 5.74) is 15.0. The van der Waals surface area contributed by atoms with E-state index in [0.717, 1.165) is 88.8 Å². The number of benzene rings is 10. The molecule has 0 saturated carbocycles. The molecule has 0 fully saturated rings. The highest BCUT2D eigenvalue weighted by atomic mass is 16.3. The lowest BCUT2D eigenvalue weighted by Crippen LogP contribution is -2.16. The first-order valence-corrected chi connectivity index (χ1v) is 21.7. The molecule has 12 aromatic rings. The van der Waals surface area contributed by atoms with Crippen molar-refractivity contribution in [1.82, 2.24) is 0 Å². The van der Waals surface area contributed by atoms with Gasteiger partial charge in [0.25, 0.3) is 0 Å². The van der Waals surface area contributed by atoms with Crippen LogP contribution in [0.4, 0.5) is 34.1 Å². The van der Waals surface area contributed by atoms with E-state index in [1.54, 1.807) is 0 Å². The highest BCUT2D eigenvalue weighted by molar-refractivity contribution is 6.30. The van der Waals surface area contributed by atoms with Crippen LogP contribution in [0.1, 0.15) is 25.0 Å². The van der Waals surface area contributed by atoms with Gasteiger partial charge in [0.15, 0.2) is 5.58 Å². The molecule has 0 saturated heterocycles. The average Bonchev–Trinajstić information content (AvgIpc) is 3.98. The first kappa shape index (κ1) is 35.7. The van der Waals surface area contributed by atoms with E-state index in [1.165, 1.54) is 33.0 Å². The number of hydrogen-bond acceptors (Lipinski definition) is 4. The Morgan fingerprint density at radius 3 is 1.71 bits per heavy atom. The lowest BCUT2D eigenvalue weighted by atomic mass is 9.82. The average molecular weight is 809 g/mol.